The molecule has 114 valence electrons. The summed E-state index contributed by atoms with van der Waals surface area (Å²) in [6.45, 7) is 0. The lowest BCUT2D eigenvalue weighted by atomic mass is 10.0. The molecule has 0 atom stereocenters. The van der Waals surface area contributed by atoms with E-state index in [2.05, 4.69) is 4.99 Å². The van der Waals surface area contributed by atoms with Gasteiger partial charge in [-0.3, -0.25) is 4.79 Å². The van der Waals surface area contributed by atoms with Crippen molar-refractivity contribution in [3.05, 3.63) is 58.6 Å². The number of benzene rings is 2. The third-order valence-corrected chi connectivity index (χ3v) is 3.48. The zero-order chi connectivity index (χ0) is 16.1. The first kappa shape index (κ1) is 16.3. The van der Waals surface area contributed by atoms with E-state index in [0.717, 1.165) is 0 Å². The predicted molar refractivity (Wildman–Crippen MR) is 89.9 cm³/mol. The van der Waals surface area contributed by atoms with E-state index in [9.17, 15) is 4.79 Å². The van der Waals surface area contributed by atoms with Crippen LogP contribution >= 0.6 is 23.2 Å². The summed E-state index contributed by atoms with van der Waals surface area (Å²) in [6, 6.07) is 11.6. The van der Waals surface area contributed by atoms with E-state index in [1.807, 2.05) is 0 Å². The number of ketones is 1. The maximum Gasteiger partial charge on any atom is 0.195 e. The number of methoxy groups -OCH3 is 1. The molecule has 2 aromatic carbocycles. The van der Waals surface area contributed by atoms with Gasteiger partial charge in [-0.1, -0.05) is 11.6 Å². The number of nitrogens with two attached hydrogens (primary N) is 1. The molecular weight excluding hydrogens is 323 g/mol. The van der Waals surface area contributed by atoms with Gasteiger partial charge in [0.05, 0.1) is 24.2 Å². The van der Waals surface area contributed by atoms with Crippen molar-refractivity contribution in [2.24, 2.45) is 10.7 Å². The van der Waals surface area contributed by atoms with Crippen LogP contribution < -0.4 is 10.5 Å². The Morgan fingerprint density at radius 1 is 1.23 bits per heavy atom. The molecule has 2 N–H and O–H groups in total. The van der Waals surface area contributed by atoms with Gasteiger partial charge in [-0.15, -0.1) is 11.6 Å². The zero-order valence-electron chi connectivity index (χ0n) is 11.8. The SMILES string of the molecule is COc1ccc(N=C(N)CCl)c(C(=O)c2ccc(Cl)cc2)c1. The van der Waals surface area contributed by atoms with Gasteiger partial charge in [0.1, 0.15) is 11.6 Å². The molecule has 0 amide bonds. The van der Waals surface area contributed by atoms with Crippen LogP contribution in [0.2, 0.25) is 5.02 Å². The Bertz CT molecular complexity index is 713. The number of ether oxygens (including phenoxy) is 1. The fourth-order valence-corrected chi connectivity index (χ4v) is 2.05. The Morgan fingerprint density at radius 3 is 2.50 bits per heavy atom. The van der Waals surface area contributed by atoms with Crippen LogP contribution in [0.5, 0.6) is 5.75 Å². The van der Waals surface area contributed by atoms with Crippen LogP contribution in [0, 0.1) is 0 Å². The standard InChI is InChI=1S/C16H14Cl2N2O2/c1-22-12-6-7-14(20-15(19)9-17)13(8-12)16(21)10-2-4-11(18)5-3-10/h2-8H,9H2,1H3,(H2,19,20). The van der Waals surface area contributed by atoms with Crippen molar-refractivity contribution in [3.8, 4) is 5.75 Å². The van der Waals surface area contributed by atoms with E-state index >= 15 is 0 Å². The minimum absolute atomic E-state index is 0.0839. The van der Waals surface area contributed by atoms with Crippen LogP contribution in [0.15, 0.2) is 47.5 Å². The minimum atomic E-state index is -0.198. The average Bonchev–Trinajstić information content (AvgIpc) is 2.55. The molecule has 0 unspecified atom stereocenters. The molecule has 0 aromatic heterocycles. The molecule has 0 aliphatic rings. The number of carbonyl (C=O) groups is 1. The lowest BCUT2D eigenvalue weighted by Crippen LogP contribution is -2.13. The fraction of sp³-hybridized carbons (Fsp3) is 0.125. The fourth-order valence-electron chi connectivity index (χ4n) is 1.86. The largest absolute Gasteiger partial charge is 0.497 e. The van der Waals surface area contributed by atoms with Crippen LogP contribution in [0.25, 0.3) is 0 Å². The highest BCUT2D eigenvalue weighted by Crippen LogP contribution is 2.27. The topological polar surface area (TPSA) is 64.7 Å². The molecule has 0 spiro atoms. The third-order valence-electron chi connectivity index (χ3n) is 2.96. The van der Waals surface area contributed by atoms with Crippen molar-refractivity contribution >= 4 is 40.5 Å². The van der Waals surface area contributed by atoms with Crippen molar-refractivity contribution in [2.75, 3.05) is 13.0 Å². The first-order valence-corrected chi connectivity index (χ1v) is 7.33. The van der Waals surface area contributed by atoms with Gasteiger partial charge in [-0.25, -0.2) is 4.99 Å². The van der Waals surface area contributed by atoms with Crippen molar-refractivity contribution in [1.29, 1.82) is 0 Å². The van der Waals surface area contributed by atoms with Crippen molar-refractivity contribution < 1.29 is 9.53 Å². The van der Waals surface area contributed by atoms with E-state index in [0.29, 0.717) is 27.6 Å². The van der Waals surface area contributed by atoms with Gasteiger partial charge in [-0.2, -0.15) is 0 Å². The number of alkyl halides is 1. The van der Waals surface area contributed by atoms with Crippen LogP contribution in [0.1, 0.15) is 15.9 Å². The van der Waals surface area contributed by atoms with Gasteiger partial charge >= 0.3 is 0 Å². The van der Waals surface area contributed by atoms with Gasteiger partial charge < -0.3 is 10.5 Å². The Hall–Kier alpha value is -2.04. The van der Waals surface area contributed by atoms with Crippen molar-refractivity contribution in [1.82, 2.24) is 0 Å². The van der Waals surface area contributed by atoms with Gasteiger partial charge in [0.15, 0.2) is 5.78 Å². The van der Waals surface area contributed by atoms with Crippen LogP contribution in [0.4, 0.5) is 5.69 Å². The smallest absolute Gasteiger partial charge is 0.195 e. The van der Waals surface area contributed by atoms with Gasteiger partial charge in [0, 0.05) is 10.6 Å². The second-order valence-electron chi connectivity index (χ2n) is 4.46. The first-order valence-electron chi connectivity index (χ1n) is 6.42. The summed E-state index contributed by atoms with van der Waals surface area (Å²) in [6.07, 6.45) is 0. The second-order valence-corrected chi connectivity index (χ2v) is 5.16. The Balaban J connectivity index is 2.51. The number of halogens is 2. The van der Waals surface area contributed by atoms with Gasteiger partial charge in [0.25, 0.3) is 0 Å². The van der Waals surface area contributed by atoms with E-state index in [-0.39, 0.29) is 17.5 Å². The average molecular weight is 337 g/mol. The molecular formula is C16H14Cl2N2O2. The molecule has 0 heterocycles. The lowest BCUT2D eigenvalue weighted by Gasteiger charge is -2.08. The summed E-state index contributed by atoms with van der Waals surface area (Å²) in [5, 5.41) is 0.562. The molecule has 2 rings (SSSR count). The monoisotopic (exact) mass is 336 g/mol. The molecule has 0 aliphatic carbocycles. The summed E-state index contributed by atoms with van der Waals surface area (Å²) >= 11 is 11.5. The summed E-state index contributed by atoms with van der Waals surface area (Å²) in [4.78, 5) is 16.9. The lowest BCUT2D eigenvalue weighted by molar-refractivity contribution is 0.103. The number of amidine groups is 1. The number of hydrogen-bond acceptors (Lipinski definition) is 3. The predicted octanol–water partition coefficient (Wildman–Crippen LogP) is 3.81. The van der Waals surface area contributed by atoms with Crippen LogP contribution in [-0.4, -0.2) is 24.6 Å². The van der Waals surface area contributed by atoms with E-state index in [1.54, 1.807) is 42.5 Å². The van der Waals surface area contributed by atoms with Crippen LogP contribution in [0.3, 0.4) is 0 Å². The number of hydrogen-bond donors (Lipinski definition) is 1. The van der Waals surface area contributed by atoms with Crippen LogP contribution in [-0.2, 0) is 0 Å². The summed E-state index contributed by atoms with van der Waals surface area (Å²) in [7, 11) is 1.53. The quantitative estimate of drug-likeness (QED) is 0.391. The molecule has 0 saturated heterocycles. The Labute approximate surface area is 138 Å². The molecule has 4 nitrogen and oxygen atoms in total. The molecule has 2 aromatic rings. The number of rotatable bonds is 5. The Morgan fingerprint density at radius 2 is 1.91 bits per heavy atom. The third kappa shape index (κ3) is 3.78. The van der Waals surface area contributed by atoms with E-state index in [1.165, 1.54) is 7.11 Å². The maximum absolute atomic E-state index is 12.7. The second kappa shape index (κ2) is 7.29. The molecule has 0 aliphatic heterocycles. The summed E-state index contributed by atoms with van der Waals surface area (Å²) in [5.74, 6) is 0.676. The van der Waals surface area contributed by atoms with E-state index < -0.39 is 0 Å². The maximum atomic E-state index is 12.7. The molecule has 0 radical (unpaired) electrons. The highest BCUT2D eigenvalue weighted by Gasteiger charge is 2.15. The molecule has 6 heteroatoms. The van der Waals surface area contributed by atoms with Gasteiger partial charge in [-0.05, 0) is 42.5 Å². The normalized spacial score (nSPS) is 11.3. The zero-order valence-corrected chi connectivity index (χ0v) is 13.4. The highest BCUT2D eigenvalue weighted by molar-refractivity contribution is 6.30. The molecule has 0 saturated carbocycles. The molecule has 0 bridgehead atoms. The number of carbonyl (C=O) groups excluding carboxylic acids is 1. The molecule has 22 heavy (non-hydrogen) atoms. The Kier molecular flexibility index (Phi) is 5.41. The highest BCUT2D eigenvalue weighted by atomic mass is 35.5. The van der Waals surface area contributed by atoms with Crippen molar-refractivity contribution in [3.63, 3.8) is 0 Å². The van der Waals surface area contributed by atoms with E-state index in [4.69, 9.17) is 33.7 Å². The molecule has 0 fully saturated rings. The summed E-state index contributed by atoms with van der Waals surface area (Å²) in [5.41, 5.74) is 6.99. The van der Waals surface area contributed by atoms with Gasteiger partial charge in [0.2, 0.25) is 0 Å². The summed E-state index contributed by atoms with van der Waals surface area (Å²) < 4.78 is 5.17. The van der Waals surface area contributed by atoms with Crippen molar-refractivity contribution in [2.45, 2.75) is 0 Å². The minimum Gasteiger partial charge on any atom is -0.497 e. The number of aliphatic imine (C=N–C) groups is 1. The first-order chi connectivity index (χ1) is 10.5. The number of nitrogens with zero attached hydrogens (tertiary/aromatic N) is 1.